The molecule has 126 valence electrons. The largest absolute Gasteiger partial charge is 0.383 e. The Bertz CT molecular complexity index is 871. The number of nitrogen functional groups attached to an aromatic ring is 1. The lowest BCUT2D eigenvalue weighted by atomic mass is 10.1. The quantitative estimate of drug-likeness (QED) is 0.735. The number of allylic oxidation sites excluding steroid dienone is 5. The maximum atomic E-state index is 6.15. The van der Waals surface area contributed by atoms with Gasteiger partial charge in [0.2, 0.25) is 0 Å². The van der Waals surface area contributed by atoms with Crippen LogP contribution in [0.3, 0.4) is 0 Å². The lowest BCUT2D eigenvalue weighted by molar-refractivity contribution is 1.22. The predicted octanol–water partition coefficient (Wildman–Crippen LogP) is 6.02. The van der Waals surface area contributed by atoms with Crippen LogP contribution in [0.4, 0.5) is 5.82 Å². The van der Waals surface area contributed by atoms with Crippen LogP contribution in [0, 0.1) is 6.92 Å². The Morgan fingerprint density at radius 3 is 2.68 bits per heavy atom. The lowest BCUT2D eigenvalue weighted by Crippen LogP contribution is -1.95. The summed E-state index contributed by atoms with van der Waals surface area (Å²) in [5, 5.41) is 0. The maximum absolute atomic E-state index is 6.15. The molecule has 0 fully saturated rings. The molecular weight excluding hydrogens is 324 g/mol. The number of anilines is 1. The number of nitrogens with zero attached hydrogens (tertiary/aromatic N) is 1. The molecule has 25 heavy (non-hydrogen) atoms. The van der Waals surface area contributed by atoms with Gasteiger partial charge in [-0.1, -0.05) is 65.4 Å². The van der Waals surface area contributed by atoms with Crippen LogP contribution in [-0.4, -0.2) is 4.98 Å². The maximum Gasteiger partial charge on any atom is 0.131 e. The van der Waals surface area contributed by atoms with E-state index in [-0.39, 0.29) is 0 Å². The second-order valence-corrected chi connectivity index (χ2v) is 7.26. The second-order valence-electron chi connectivity index (χ2n) is 6.15. The fourth-order valence-corrected chi connectivity index (χ4v) is 3.61. The minimum atomic E-state index is 0.554. The van der Waals surface area contributed by atoms with Crippen molar-refractivity contribution in [2.24, 2.45) is 0 Å². The van der Waals surface area contributed by atoms with Gasteiger partial charge in [-0.3, -0.25) is 0 Å². The zero-order valence-electron chi connectivity index (χ0n) is 14.6. The molecule has 2 N–H and O–H groups in total. The summed E-state index contributed by atoms with van der Waals surface area (Å²) in [5.41, 5.74) is 10.9. The van der Waals surface area contributed by atoms with E-state index in [9.17, 15) is 0 Å². The zero-order chi connectivity index (χ0) is 17.6. The van der Waals surface area contributed by atoms with Crippen molar-refractivity contribution in [2.75, 3.05) is 5.73 Å². The predicted molar refractivity (Wildman–Crippen MR) is 110 cm³/mol. The highest BCUT2D eigenvalue weighted by atomic mass is 32.2. The average molecular weight is 346 g/mol. The van der Waals surface area contributed by atoms with E-state index >= 15 is 0 Å². The van der Waals surface area contributed by atoms with Gasteiger partial charge in [-0.05, 0) is 50.1 Å². The van der Waals surface area contributed by atoms with Crippen LogP contribution >= 0.6 is 11.8 Å². The van der Waals surface area contributed by atoms with Gasteiger partial charge in [0.05, 0.1) is 0 Å². The number of nitrogens with two attached hydrogens (primary N) is 1. The van der Waals surface area contributed by atoms with Crippen molar-refractivity contribution < 1.29 is 0 Å². The molecule has 1 aliphatic rings. The molecular formula is C22H22N2S. The summed E-state index contributed by atoms with van der Waals surface area (Å²) in [6.45, 7) is 4.24. The van der Waals surface area contributed by atoms with Gasteiger partial charge in [-0.2, -0.15) is 0 Å². The minimum absolute atomic E-state index is 0.554. The van der Waals surface area contributed by atoms with E-state index in [0.29, 0.717) is 5.82 Å². The van der Waals surface area contributed by atoms with Crippen molar-refractivity contribution >= 4 is 29.7 Å². The van der Waals surface area contributed by atoms with Crippen molar-refractivity contribution in [3.8, 4) is 0 Å². The molecule has 0 amide bonds. The molecule has 0 spiro atoms. The van der Waals surface area contributed by atoms with E-state index in [4.69, 9.17) is 5.73 Å². The summed E-state index contributed by atoms with van der Waals surface area (Å²) in [7, 11) is 0. The normalized spacial score (nSPS) is 14.3. The van der Waals surface area contributed by atoms with Crippen LogP contribution in [0.1, 0.15) is 30.0 Å². The van der Waals surface area contributed by atoms with Crippen LogP contribution < -0.4 is 5.73 Å². The Balaban J connectivity index is 1.89. The minimum Gasteiger partial charge on any atom is -0.383 e. The van der Waals surface area contributed by atoms with E-state index < -0.39 is 0 Å². The van der Waals surface area contributed by atoms with Crippen molar-refractivity contribution in [2.45, 2.75) is 25.2 Å². The number of pyridine rings is 1. The summed E-state index contributed by atoms with van der Waals surface area (Å²) in [5.74, 6) is 0.554. The van der Waals surface area contributed by atoms with E-state index in [1.165, 1.54) is 16.0 Å². The van der Waals surface area contributed by atoms with Crippen LogP contribution in [0.25, 0.3) is 12.2 Å². The monoisotopic (exact) mass is 346 g/mol. The van der Waals surface area contributed by atoms with Gasteiger partial charge >= 0.3 is 0 Å². The van der Waals surface area contributed by atoms with Gasteiger partial charge in [-0.15, -0.1) is 0 Å². The molecule has 1 aromatic carbocycles. The molecule has 0 radical (unpaired) electrons. The zero-order valence-corrected chi connectivity index (χ0v) is 15.4. The summed E-state index contributed by atoms with van der Waals surface area (Å²) >= 11 is 1.72. The Morgan fingerprint density at radius 2 is 1.88 bits per heavy atom. The van der Waals surface area contributed by atoms with Gasteiger partial charge in [0.25, 0.3) is 0 Å². The highest BCUT2D eigenvalue weighted by Gasteiger charge is 2.08. The third kappa shape index (κ3) is 4.74. The molecule has 0 aliphatic heterocycles. The van der Waals surface area contributed by atoms with Crippen molar-refractivity contribution in [1.29, 1.82) is 0 Å². The van der Waals surface area contributed by atoms with E-state index in [0.717, 1.165) is 22.4 Å². The molecule has 0 saturated heterocycles. The van der Waals surface area contributed by atoms with Crippen molar-refractivity contribution in [1.82, 2.24) is 4.98 Å². The molecule has 0 atom stereocenters. The fraction of sp³-hybridized carbons (Fsp3) is 0.136. The van der Waals surface area contributed by atoms with E-state index in [1.54, 1.807) is 18.0 Å². The van der Waals surface area contributed by atoms with Crippen molar-refractivity contribution in [3.63, 3.8) is 0 Å². The first-order chi connectivity index (χ1) is 12.1. The van der Waals surface area contributed by atoms with Crippen molar-refractivity contribution in [3.05, 3.63) is 88.0 Å². The highest BCUT2D eigenvalue weighted by Crippen LogP contribution is 2.34. The first kappa shape index (κ1) is 17.3. The number of hydrogen-bond donors (Lipinski definition) is 1. The number of thioether (sulfide) groups is 1. The fourth-order valence-electron chi connectivity index (χ4n) is 2.54. The summed E-state index contributed by atoms with van der Waals surface area (Å²) in [6.07, 6.45) is 15.6. The molecule has 0 bridgehead atoms. The molecule has 0 saturated carbocycles. The van der Waals surface area contributed by atoms with Gasteiger partial charge < -0.3 is 5.73 Å². The highest BCUT2D eigenvalue weighted by molar-refractivity contribution is 8.03. The topological polar surface area (TPSA) is 38.9 Å². The molecule has 1 aliphatic carbocycles. The molecule has 2 nitrogen and oxygen atoms in total. The molecule has 3 rings (SSSR count). The number of aromatic nitrogens is 1. The lowest BCUT2D eigenvalue weighted by Gasteiger charge is -2.09. The second kappa shape index (κ2) is 8.04. The molecule has 0 unspecified atom stereocenters. The number of benzene rings is 1. The Morgan fingerprint density at radius 1 is 1.08 bits per heavy atom. The molecule has 1 aromatic heterocycles. The van der Waals surface area contributed by atoms with Crippen LogP contribution in [0.5, 0.6) is 0 Å². The average Bonchev–Trinajstić information content (AvgIpc) is 2.80. The first-order valence-electron chi connectivity index (χ1n) is 8.33. The van der Waals surface area contributed by atoms with Gasteiger partial charge in [-0.25, -0.2) is 4.98 Å². The van der Waals surface area contributed by atoms with E-state index in [1.807, 2.05) is 6.07 Å². The van der Waals surface area contributed by atoms with E-state index in [2.05, 4.69) is 79.6 Å². The molecule has 3 heteroatoms. The summed E-state index contributed by atoms with van der Waals surface area (Å²) in [6, 6.07) is 10.5. The summed E-state index contributed by atoms with van der Waals surface area (Å²) in [4.78, 5) is 6.58. The Kier molecular flexibility index (Phi) is 5.56. The third-order valence-electron chi connectivity index (χ3n) is 3.95. The smallest absolute Gasteiger partial charge is 0.131 e. The summed E-state index contributed by atoms with van der Waals surface area (Å²) < 4.78 is 0. The number of rotatable bonds is 4. The SMILES string of the molecule is CC1=CC(Sc2ccnc(N)c2/C=C/c2ccc(C)cc2)=CC=CC1. The first-order valence-corrected chi connectivity index (χ1v) is 9.14. The van der Waals surface area contributed by atoms with Gasteiger partial charge in [0, 0.05) is 21.6 Å². The molecule has 1 heterocycles. The Hall–Kier alpha value is -2.52. The van der Waals surface area contributed by atoms with Gasteiger partial charge in [0.15, 0.2) is 0 Å². The van der Waals surface area contributed by atoms with Gasteiger partial charge in [0.1, 0.15) is 5.82 Å². The number of aryl methyl sites for hydroxylation is 1. The third-order valence-corrected chi connectivity index (χ3v) is 5.02. The molecule has 2 aromatic rings. The Labute approximate surface area is 153 Å². The van der Waals surface area contributed by atoms with Crippen LogP contribution in [0.2, 0.25) is 0 Å². The van der Waals surface area contributed by atoms with Crippen LogP contribution in [-0.2, 0) is 0 Å². The standard InChI is InChI=1S/C22H22N2S/c1-16-7-9-18(10-8-16)11-12-20-21(13-14-24-22(20)23)25-19-6-4-3-5-17(2)15-19/h3-4,6-15H,5H2,1-2H3,(H2,23,24)/b12-11+. The number of hydrogen-bond acceptors (Lipinski definition) is 3. The van der Waals surface area contributed by atoms with Crippen LogP contribution in [0.15, 0.2) is 76.2 Å².